The first kappa shape index (κ1) is 12.6. The van der Waals surface area contributed by atoms with Crippen LogP contribution in [0.3, 0.4) is 0 Å². The van der Waals surface area contributed by atoms with E-state index in [1.54, 1.807) is 0 Å². The Labute approximate surface area is 108 Å². The number of unbranched alkanes of at least 4 members (excludes halogenated alkanes) is 3. The number of Topliss-reactive ketones (excluding diaryl/α,β-unsaturated/α-hetero) is 1. The normalized spacial score (nSPS) is 10.7. The number of aromatic nitrogens is 1. The molecule has 1 heterocycles. The van der Waals surface area contributed by atoms with Crippen LogP contribution in [-0.4, -0.2) is 10.8 Å². The summed E-state index contributed by atoms with van der Waals surface area (Å²) in [5.74, 6) is 0.242. The Morgan fingerprint density at radius 1 is 1.22 bits per heavy atom. The van der Waals surface area contributed by atoms with E-state index in [2.05, 4.69) is 11.6 Å². The smallest absolute Gasteiger partial charge is 0.165 e. The molecule has 2 heteroatoms. The SMILES string of the molecule is C=CCCCCCC(=O)c1c[nH]c2ccccc12. The van der Waals surface area contributed by atoms with E-state index in [0.717, 1.165) is 42.1 Å². The molecule has 0 saturated heterocycles. The lowest BCUT2D eigenvalue weighted by atomic mass is 10.0. The Kier molecular flexibility index (Phi) is 4.35. The van der Waals surface area contributed by atoms with E-state index in [-0.39, 0.29) is 5.78 Å². The fourth-order valence-electron chi connectivity index (χ4n) is 2.19. The molecule has 1 N–H and O–H groups in total. The van der Waals surface area contributed by atoms with Crippen LogP contribution in [0.4, 0.5) is 0 Å². The summed E-state index contributed by atoms with van der Waals surface area (Å²) < 4.78 is 0. The number of rotatable bonds is 7. The average Bonchev–Trinajstić information content (AvgIpc) is 2.82. The molecule has 1 aromatic carbocycles. The zero-order chi connectivity index (χ0) is 12.8. The van der Waals surface area contributed by atoms with Gasteiger partial charge >= 0.3 is 0 Å². The highest BCUT2D eigenvalue weighted by Gasteiger charge is 2.10. The second-order valence-corrected chi connectivity index (χ2v) is 4.56. The second kappa shape index (κ2) is 6.20. The van der Waals surface area contributed by atoms with Crippen LogP contribution >= 0.6 is 0 Å². The number of carbonyl (C=O) groups excluding carboxylic acids is 1. The Bertz CT molecular complexity index is 539. The van der Waals surface area contributed by atoms with Gasteiger partial charge in [-0.25, -0.2) is 0 Å². The molecule has 0 aliphatic heterocycles. The number of carbonyl (C=O) groups is 1. The highest BCUT2D eigenvalue weighted by Crippen LogP contribution is 2.20. The minimum atomic E-state index is 0.242. The Morgan fingerprint density at radius 3 is 2.89 bits per heavy atom. The molecule has 18 heavy (non-hydrogen) atoms. The van der Waals surface area contributed by atoms with Gasteiger partial charge in [0.2, 0.25) is 0 Å². The maximum Gasteiger partial charge on any atom is 0.165 e. The van der Waals surface area contributed by atoms with Gasteiger partial charge in [0.05, 0.1) is 0 Å². The number of H-pyrrole nitrogens is 1. The topological polar surface area (TPSA) is 32.9 Å². The highest BCUT2D eigenvalue weighted by atomic mass is 16.1. The van der Waals surface area contributed by atoms with Crippen LogP contribution in [-0.2, 0) is 0 Å². The van der Waals surface area contributed by atoms with Crippen molar-refractivity contribution in [1.82, 2.24) is 4.98 Å². The lowest BCUT2D eigenvalue weighted by Crippen LogP contribution is -1.97. The molecule has 0 unspecified atom stereocenters. The van der Waals surface area contributed by atoms with Crippen molar-refractivity contribution >= 4 is 16.7 Å². The monoisotopic (exact) mass is 241 g/mol. The van der Waals surface area contributed by atoms with Gasteiger partial charge in [0.25, 0.3) is 0 Å². The van der Waals surface area contributed by atoms with Gasteiger partial charge in [-0.1, -0.05) is 30.7 Å². The third-order valence-corrected chi connectivity index (χ3v) is 3.20. The number of hydrogen-bond acceptors (Lipinski definition) is 1. The number of allylic oxidation sites excluding steroid dienone is 1. The Hall–Kier alpha value is -1.83. The molecule has 0 aliphatic rings. The quantitative estimate of drug-likeness (QED) is 0.432. The molecule has 2 nitrogen and oxygen atoms in total. The van der Waals surface area contributed by atoms with Gasteiger partial charge in [0, 0.05) is 29.1 Å². The van der Waals surface area contributed by atoms with E-state index in [4.69, 9.17) is 0 Å². The van der Waals surface area contributed by atoms with Gasteiger partial charge in [-0.2, -0.15) is 0 Å². The predicted molar refractivity (Wildman–Crippen MR) is 75.9 cm³/mol. The van der Waals surface area contributed by atoms with Gasteiger partial charge in [0.1, 0.15) is 0 Å². The van der Waals surface area contributed by atoms with Crippen LogP contribution in [0.25, 0.3) is 10.9 Å². The molecule has 0 amide bonds. The fourth-order valence-corrected chi connectivity index (χ4v) is 2.19. The van der Waals surface area contributed by atoms with Gasteiger partial charge in [0.15, 0.2) is 5.78 Å². The summed E-state index contributed by atoms with van der Waals surface area (Å²) >= 11 is 0. The number of ketones is 1. The van der Waals surface area contributed by atoms with E-state index < -0.39 is 0 Å². The number of para-hydroxylation sites is 1. The van der Waals surface area contributed by atoms with E-state index in [1.165, 1.54) is 0 Å². The summed E-state index contributed by atoms with van der Waals surface area (Å²) in [4.78, 5) is 15.3. The first-order chi connectivity index (χ1) is 8.83. The van der Waals surface area contributed by atoms with Gasteiger partial charge < -0.3 is 4.98 Å². The summed E-state index contributed by atoms with van der Waals surface area (Å²) in [5, 5.41) is 1.04. The number of aromatic amines is 1. The molecular formula is C16H19NO. The van der Waals surface area contributed by atoms with Crippen molar-refractivity contribution in [1.29, 1.82) is 0 Å². The Morgan fingerprint density at radius 2 is 2.06 bits per heavy atom. The molecule has 0 bridgehead atoms. The van der Waals surface area contributed by atoms with E-state index >= 15 is 0 Å². The van der Waals surface area contributed by atoms with Crippen LogP contribution in [0.15, 0.2) is 43.1 Å². The summed E-state index contributed by atoms with van der Waals surface area (Å²) in [6, 6.07) is 7.94. The van der Waals surface area contributed by atoms with Crippen LogP contribution in [0, 0.1) is 0 Å². The molecule has 0 aliphatic carbocycles. The molecular weight excluding hydrogens is 222 g/mol. The highest BCUT2D eigenvalue weighted by molar-refractivity contribution is 6.07. The first-order valence-electron chi connectivity index (χ1n) is 6.53. The van der Waals surface area contributed by atoms with Crippen LogP contribution in [0.2, 0.25) is 0 Å². The predicted octanol–water partition coefficient (Wildman–Crippen LogP) is 4.49. The molecule has 2 rings (SSSR count). The van der Waals surface area contributed by atoms with E-state index in [1.807, 2.05) is 36.5 Å². The Balaban J connectivity index is 1.94. The van der Waals surface area contributed by atoms with Crippen molar-refractivity contribution in [2.45, 2.75) is 32.1 Å². The van der Waals surface area contributed by atoms with Crippen LogP contribution in [0.5, 0.6) is 0 Å². The molecule has 0 fully saturated rings. The molecule has 2 aromatic rings. The van der Waals surface area contributed by atoms with Gasteiger partial charge in [-0.15, -0.1) is 6.58 Å². The summed E-state index contributed by atoms with van der Waals surface area (Å²) in [6.45, 7) is 3.70. The third-order valence-electron chi connectivity index (χ3n) is 3.20. The molecule has 0 spiro atoms. The number of fused-ring (bicyclic) bond motifs is 1. The lowest BCUT2D eigenvalue weighted by Gasteiger charge is -1.99. The first-order valence-corrected chi connectivity index (χ1v) is 6.53. The zero-order valence-electron chi connectivity index (χ0n) is 10.6. The standard InChI is InChI=1S/C16H19NO/c1-2-3-4-5-6-11-16(18)14-12-17-15-10-8-7-9-13(14)15/h2,7-10,12,17H,1,3-6,11H2. The van der Waals surface area contributed by atoms with Crippen LogP contribution < -0.4 is 0 Å². The van der Waals surface area contributed by atoms with Gasteiger partial charge in [-0.3, -0.25) is 4.79 Å². The molecule has 1 aromatic heterocycles. The largest absolute Gasteiger partial charge is 0.360 e. The maximum absolute atomic E-state index is 12.1. The third kappa shape index (κ3) is 2.89. The van der Waals surface area contributed by atoms with Crippen molar-refractivity contribution in [2.75, 3.05) is 0 Å². The van der Waals surface area contributed by atoms with Crippen LogP contribution in [0.1, 0.15) is 42.5 Å². The minimum absolute atomic E-state index is 0.242. The zero-order valence-corrected chi connectivity index (χ0v) is 10.6. The van der Waals surface area contributed by atoms with Crippen molar-refractivity contribution < 1.29 is 4.79 Å². The molecule has 94 valence electrons. The summed E-state index contributed by atoms with van der Waals surface area (Å²) in [6.07, 6.45) is 8.63. The molecule has 0 saturated carbocycles. The lowest BCUT2D eigenvalue weighted by molar-refractivity contribution is 0.0981. The minimum Gasteiger partial charge on any atom is -0.360 e. The fraction of sp³-hybridized carbons (Fsp3) is 0.312. The average molecular weight is 241 g/mol. The summed E-state index contributed by atoms with van der Waals surface area (Å²) in [5.41, 5.74) is 1.86. The molecule has 0 radical (unpaired) electrons. The molecule has 0 atom stereocenters. The van der Waals surface area contributed by atoms with E-state index in [0.29, 0.717) is 6.42 Å². The van der Waals surface area contributed by atoms with E-state index in [9.17, 15) is 4.79 Å². The van der Waals surface area contributed by atoms with Gasteiger partial charge in [-0.05, 0) is 25.3 Å². The maximum atomic E-state index is 12.1. The second-order valence-electron chi connectivity index (χ2n) is 4.56. The summed E-state index contributed by atoms with van der Waals surface area (Å²) in [7, 11) is 0. The van der Waals surface area contributed by atoms with Crippen molar-refractivity contribution in [2.24, 2.45) is 0 Å². The van der Waals surface area contributed by atoms with Crippen molar-refractivity contribution in [3.05, 3.63) is 48.7 Å². The number of nitrogens with one attached hydrogen (secondary N) is 1. The number of benzene rings is 1. The number of hydrogen-bond donors (Lipinski definition) is 1. The van der Waals surface area contributed by atoms with Crippen molar-refractivity contribution in [3.63, 3.8) is 0 Å². The van der Waals surface area contributed by atoms with Crippen molar-refractivity contribution in [3.8, 4) is 0 Å².